The van der Waals surface area contributed by atoms with E-state index in [1.54, 1.807) is 6.07 Å². The van der Waals surface area contributed by atoms with Gasteiger partial charge in [0, 0.05) is 17.8 Å². The predicted octanol–water partition coefficient (Wildman–Crippen LogP) is 6.96. The lowest BCUT2D eigenvalue weighted by atomic mass is 9.64. The monoisotopic (exact) mass is 405 g/mol. The van der Waals surface area contributed by atoms with E-state index in [0.29, 0.717) is 6.61 Å². The van der Waals surface area contributed by atoms with Gasteiger partial charge in [-0.15, -0.1) is 0 Å². The molecule has 0 fully saturated rings. The van der Waals surface area contributed by atoms with Gasteiger partial charge in [-0.05, 0) is 37.0 Å². The van der Waals surface area contributed by atoms with E-state index in [4.69, 9.17) is 4.74 Å². The number of allylic oxidation sites excluding steroid dienone is 4. The molecule has 0 saturated carbocycles. The van der Waals surface area contributed by atoms with Crippen LogP contribution in [0.5, 0.6) is 11.5 Å². The summed E-state index contributed by atoms with van der Waals surface area (Å²) in [5.41, 5.74) is 1.35. The van der Waals surface area contributed by atoms with Crippen LogP contribution in [0.3, 0.4) is 0 Å². The van der Waals surface area contributed by atoms with Crippen LogP contribution >= 0.6 is 0 Å². The minimum atomic E-state index is -0.480. The highest BCUT2D eigenvalue weighted by atomic mass is 16.5. The molecule has 1 aromatic heterocycles. The number of phenolic OH excluding ortho intramolecular Hbond substituents is 1. The number of aromatic nitrogens is 1. The van der Waals surface area contributed by atoms with Crippen LogP contribution < -0.4 is 4.74 Å². The smallest absolute Gasteiger partial charge is 0.123 e. The van der Waals surface area contributed by atoms with E-state index in [-0.39, 0.29) is 11.7 Å². The largest absolute Gasteiger partial charge is 0.507 e. The summed E-state index contributed by atoms with van der Waals surface area (Å²) in [6.45, 7) is 5.11. The molecule has 0 bridgehead atoms. The molecule has 2 unspecified atom stereocenters. The van der Waals surface area contributed by atoms with Crippen molar-refractivity contribution in [1.29, 1.82) is 0 Å². The van der Waals surface area contributed by atoms with Gasteiger partial charge in [-0.3, -0.25) is 4.98 Å². The van der Waals surface area contributed by atoms with Crippen molar-refractivity contribution in [1.82, 2.24) is 4.98 Å². The zero-order valence-electron chi connectivity index (χ0n) is 18.4. The molecule has 0 aliphatic heterocycles. The van der Waals surface area contributed by atoms with Gasteiger partial charge in [0.15, 0.2) is 0 Å². The van der Waals surface area contributed by atoms with Crippen LogP contribution in [0.15, 0.2) is 66.9 Å². The number of hydrogen-bond donors (Lipinski definition) is 1. The summed E-state index contributed by atoms with van der Waals surface area (Å²) in [4.78, 5) is 4.68. The number of unbranched alkanes of at least 4 members (excludes halogenated alkanes) is 5. The Morgan fingerprint density at radius 3 is 2.57 bits per heavy atom. The molecule has 0 amide bonds. The second kappa shape index (κ2) is 11.0. The fraction of sp³-hybridized carbons (Fsp3) is 0.444. The van der Waals surface area contributed by atoms with E-state index in [1.807, 2.05) is 30.5 Å². The highest BCUT2D eigenvalue weighted by Gasteiger charge is 2.41. The molecule has 1 heterocycles. The summed E-state index contributed by atoms with van der Waals surface area (Å²) in [5.74, 6) is 1.21. The zero-order chi connectivity index (χ0) is 21.2. The van der Waals surface area contributed by atoms with Crippen molar-refractivity contribution in [3.8, 4) is 11.5 Å². The molecule has 1 aliphatic rings. The molecule has 3 nitrogen and oxygen atoms in total. The van der Waals surface area contributed by atoms with Crippen molar-refractivity contribution in [2.24, 2.45) is 5.92 Å². The molecule has 1 aromatic carbocycles. The minimum Gasteiger partial charge on any atom is -0.507 e. The fourth-order valence-electron chi connectivity index (χ4n) is 4.47. The molecule has 3 rings (SSSR count). The van der Waals surface area contributed by atoms with Crippen LogP contribution in [0, 0.1) is 5.92 Å². The Morgan fingerprint density at radius 1 is 1.00 bits per heavy atom. The summed E-state index contributed by atoms with van der Waals surface area (Å²) in [6, 6.07) is 11.7. The van der Waals surface area contributed by atoms with Crippen molar-refractivity contribution in [2.75, 3.05) is 6.61 Å². The Hall–Kier alpha value is -2.55. The van der Waals surface area contributed by atoms with Gasteiger partial charge in [-0.1, -0.05) is 82.4 Å². The molecule has 1 aliphatic carbocycles. The summed E-state index contributed by atoms with van der Waals surface area (Å²) >= 11 is 0. The molecule has 2 aromatic rings. The summed E-state index contributed by atoms with van der Waals surface area (Å²) in [6.07, 6.45) is 18.7. The first kappa shape index (κ1) is 22.1. The fourth-order valence-corrected chi connectivity index (χ4v) is 4.47. The Bertz CT molecular complexity index is 843. The summed E-state index contributed by atoms with van der Waals surface area (Å²) < 4.78 is 5.92. The van der Waals surface area contributed by atoms with Crippen LogP contribution in [-0.4, -0.2) is 16.7 Å². The van der Waals surface area contributed by atoms with Gasteiger partial charge in [0.05, 0.1) is 17.7 Å². The van der Waals surface area contributed by atoms with E-state index >= 15 is 0 Å². The summed E-state index contributed by atoms with van der Waals surface area (Å²) in [7, 11) is 0. The second-order valence-corrected chi connectivity index (χ2v) is 8.14. The Balaban J connectivity index is 1.78. The molecular formula is C27H35NO2. The molecular weight excluding hydrogens is 370 g/mol. The lowest BCUT2D eigenvalue weighted by Gasteiger charge is -2.39. The van der Waals surface area contributed by atoms with Crippen LogP contribution in [0.25, 0.3) is 0 Å². The van der Waals surface area contributed by atoms with Gasteiger partial charge in [0.2, 0.25) is 0 Å². The first-order valence-corrected chi connectivity index (χ1v) is 11.5. The topological polar surface area (TPSA) is 42.4 Å². The van der Waals surface area contributed by atoms with Crippen molar-refractivity contribution in [2.45, 2.75) is 64.2 Å². The van der Waals surface area contributed by atoms with E-state index in [9.17, 15) is 5.11 Å². The van der Waals surface area contributed by atoms with Crippen LogP contribution in [0.4, 0.5) is 0 Å². The maximum atomic E-state index is 11.0. The highest BCUT2D eigenvalue weighted by molar-refractivity contribution is 5.54. The number of nitrogens with zero attached hydrogens (tertiary/aromatic N) is 1. The van der Waals surface area contributed by atoms with E-state index in [1.165, 1.54) is 32.1 Å². The number of ether oxygens (including phenoxy) is 1. The lowest BCUT2D eigenvalue weighted by molar-refractivity contribution is 0.302. The molecule has 0 spiro atoms. The Kier molecular flexibility index (Phi) is 8.12. The number of rotatable bonds is 11. The first-order valence-electron chi connectivity index (χ1n) is 11.5. The van der Waals surface area contributed by atoms with E-state index < -0.39 is 5.41 Å². The average molecular weight is 406 g/mol. The molecule has 0 radical (unpaired) electrons. The number of phenols is 1. The Morgan fingerprint density at radius 2 is 1.83 bits per heavy atom. The van der Waals surface area contributed by atoms with Gasteiger partial charge in [-0.2, -0.15) is 0 Å². The number of benzene rings is 1. The number of aromatic hydroxyl groups is 1. The van der Waals surface area contributed by atoms with Crippen molar-refractivity contribution in [3.63, 3.8) is 0 Å². The third-order valence-corrected chi connectivity index (χ3v) is 6.11. The molecule has 1 N–H and O–H groups in total. The van der Waals surface area contributed by atoms with Gasteiger partial charge < -0.3 is 9.84 Å². The highest BCUT2D eigenvalue weighted by Crippen LogP contribution is 2.47. The molecule has 3 heteroatoms. The summed E-state index contributed by atoms with van der Waals surface area (Å²) in [5, 5.41) is 11.0. The first-order chi connectivity index (χ1) is 14.7. The number of pyridine rings is 1. The normalized spacial score (nSPS) is 20.4. The zero-order valence-corrected chi connectivity index (χ0v) is 18.4. The van der Waals surface area contributed by atoms with Crippen LogP contribution in [0.1, 0.15) is 70.1 Å². The molecule has 0 saturated heterocycles. The van der Waals surface area contributed by atoms with Crippen LogP contribution in [0.2, 0.25) is 0 Å². The van der Waals surface area contributed by atoms with E-state index in [2.05, 4.69) is 49.2 Å². The van der Waals surface area contributed by atoms with Crippen molar-refractivity contribution >= 4 is 0 Å². The predicted molar refractivity (Wildman–Crippen MR) is 124 cm³/mol. The van der Waals surface area contributed by atoms with Crippen molar-refractivity contribution < 1.29 is 9.84 Å². The van der Waals surface area contributed by atoms with Gasteiger partial charge >= 0.3 is 0 Å². The SMILES string of the molecule is CCCCCCCCOc1ccc(C2(c3ccccn3)C=CC=CC2CC)c(O)c1. The second-order valence-electron chi connectivity index (χ2n) is 8.14. The molecule has 2 atom stereocenters. The van der Waals surface area contributed by atoms with Gasteiger partial charge in [0.25, 0.3) is 0 Å². The van der Waals surface area contributed by atoms with Gasteiger partial charge in [-0.25, -0.2) is 0 Å². The maximum Gasteiger partial charge on any atom is 0.123 e. The Labute approximate surface area is 181 Å². The average Bonchev–Trinajstić information content (AvgIpc) is 2.79. The minimum absolute atomic E-state index is 0.221. The molecule has 30 heavy (non-hydrogen) atoms. The maximum absolute atomic E-state index is 11.0. The van der Waals surface area contributed by atoms with Crippen molar-refractivity contribution in [3.05, 3.63) is 78.2 Å². The lowest BCUT2D eigenvalue weighted by Crippen LogP contribution is -2.35. The third kappa shape index (κ3) is 4.95. The van der Waals surface area contributed by atoms with Gasteiger partial charge in [0.1, 0.15) is 11.5 Å². The quantitative estimate of drug-likeness (QED) is 0.411. The molecule has 160 valence electrons. The van der Waals surface area contributed by atoms with Crippen LogP contribution in [-0.2, 0) is 5.41 Å². The number of hydrogen-bond acceptors (Lipinski definition) is 3. The third-order valence-electron chi connectivity index (χ3n) is 6.11. The standard InChI is InChI=1S/C27H35NO2/c1-3-5-6-7-8-13-20-30-23-16-17-24(25(29)21-23)27(26-15-10-12-19-28-26)18-11-9-14-22(27)4-2/h9-12,14-19,21-22,29H,3-8,13,20H2,1-2H3. The van der Waals surface area contributed by atoms with E-state index in [0.717, 1.165) is 29.8 Å².